The number of aromatic nitrogens is 3. The van der Waals surface area contributed by atoms with Crippen molar-refractivity contribution in [3.05, 3.63) is 60.0 Å². The Balaban J connectivity index is 1.83. The Hall–Kier alpha value is -2.69. The molecule has 1 aromatic heterocycles. The van der Waals surface area contributed by atoms with E-state index in [-0.39, 0.29) is 5.82 Å². The van der Waals surface area contributed by atoms with E-state index >= 15 is 0 Å². The van der Waals surface area contributed by atoms with E-state index in [0.29, 0.717) is 17.2 Å². The van der Waals surface area contributed by atoms with Gasteiger partial charge in [-0.05, 0) is 47.9 Å². The zero-order chi connectivity index (χ0) is 13.9. The molecule has 0 unspecified atom stereocenters. The van der Waals surface area contributed by atoms with Gasteiger partial charge < -0.3 is 4.74 Å². The lowest BCUT2D eigenvalue weighted by molar-refractivity contribution is 0.461. The van der Waals surface area contributed by atoms with Crippen LogP contribution in [-0.2, 0) is 0 Å². The van der Waals surface area contributed by atoms with Crippen molar-refractivity contribution in [1.29, 1.82) is 0 Å². The van der Waals surface area contributed by atoms with Crippen LogP contribution in [0.15, 0.2) is 48.7 Å². The van der Waals surface area contributed by atoms with E-state index in [2.05, 4.69) is 15.4 Å². The summed E-state index contributed by atoms with van der Waals surface area (Å²) in [5, 5.41) is 9.96. The quantitative estimate of drug-likeness (QED) is 0.788. The molecule has 5 heteroatoms. The molecule has 0 aliphatic rings. The minimum absolute atomic E-state index is 0.195. The number of H-pyrrole nitrogens is 1. The second kappa shape index (κ2) is 5.13. The monoisotopic (exact) mass is 269 g/mol. The van der Waals surface area contributed by atoms with Gasteiger partial charge >= 0.3 is 0 Å². The second-order valence-corrected chi connectivity index (χ2v) is 4.40. The summed E-state index contributed by atoms with van der Waals surface area (Å²) in [4.78, 5) is 0. The van der Waals surface area contributed by atoms with Crippen LogP contribution in [0.25, 0.3) is 11.1 Å². The summed E-state index contributed by atoms with van der Waals surface area (Å²) < 4.78 is 18.7. The summed E-state index contributed by atoms with van der Waals surface area (Å²) in [6.07, 6.45) is 1.50. The number of hydrogen-bond donors (Lipinski definition) is 1. The third-order valence-corrected chi connectivity index (χ3v) is 2.96. The van der Waals surface area contributed by atoms with Crippen molar-refractivity contribution >= 4 is 0 Å². The van der Waals surface area contributed by atoms with Gasteiger partial charge in [-0.25, -0.2) is 4.39 Å². The number of halogens is 1. The summed E-state index contributed by atoms with van der Waals surface area (Å²) in [5.74, 6) is 0.886. The molecule has 0 amide bonds. The molecule has 100 valence electrons. The van der Waals surface area contributed by atoms with Crippen molar-refractivity contribution in [1.82, 2.24) is 15.4 Å². The van der Waals surface area contributed by atoms with Gasteiger partial charge in [0.25, 0.3) is 5.88 Å². The van der Waals surface area contributed by atoms with Crippen molar-refractivity contribution in [2.45, 2.75) is 6.92 Å². The van der Waals surface area contributed by atoms with Crippen LogP contribution in [0.1, 0.15) is 5.56 Å². The first-order valence-electron chi connectivity index (χ1n) is 6.12. The highest BCUT2D eigenvalue weighted by Crippen LogP contribution is 2.25. The highest BCUT2D eigenvalue weighted by atomic mass is 19.1. The van der Waals surface area contributed by atoms with Crippen LogP contribution in [0.3, 0.4) is 0 Å². The molecule has 1 N–H and O–H groups in total. The molecule has 0 saturated heterocycles. The van der Waals surface area contributed by atoms with Crippen molar-refractivity contribution in [3.63, 3.8) is 0 Å². The van der Waals surface area contributed by atoms with E-state index in [9.17, 15) is 4.39 Å². The Morgan fingerprint density at radius 3 is 2.45 bits per heavy atom. The number of ether oxygens (including phenoxy) is 1. The van der Waals surface area contributed by atoms with Gasteiger partial charge in [-0.3, -0.25) is 0 Å². The molecule has 0 bridgehead atoms. The summed E-state index contributed by atoms with van der Waals surface area (Å²) in [6.45, 7) is 1.75. The van der Waals surface area contributed by atoms with E-state index in [0.717, 1.165) is 11.1 Å². The van der Waals surface area contributed by atoms with Crippen molar-refractivity contribution in [2.24, 2.45) is 0 Å². The third-order valence-electron chi connectivity index (χ3n) is 2.96. The summed E-state index contributed by atoms with van der Waals surface area (Å²) in [6, 6.07) is 12.6. The van der Waals surface area contributed by atoms with Crippen LogP contribution in [0.4, 0.5) is 4.39 Å². The summed E-state index contributed by atoms with van der Waals surface area (Å²) >= 11 is 0. The van der Waals surface area contributed by atoms with E-state index < -0.39 is 0 Å². The van der Waals surface area contributed by atoms with Gasteiger partial charge in [0, 0.05) is 0 Å². The third kappa shape index (κ3) is 2.51. The molecule has 0 radical (unpaired) electrons. The Kier molecular flexibility index (Phi) is 3.16. The molecule has 0 aliphatic heterocycles. The molecular weight excluding hydrogens is 257 g/mol. The first kappa shape index (κ1) is 12.3. The number of aromatic amines is 1. The molecule has 0 spiro atoms. The first-order valence-corrected chi connectivity index (χ1v) is 6.12. The fourth-order valence-corrected chi connectivity index (χ4v) is 1.90. The first-order chi connectivity index (χ1) is 9.72. The lowest BCUT2D eigenvalue weighted by atomic mass is 10.0. The van der Waals surface area contributed by atoms with E-state index in [1.165, 1.54) is 12.3 Å². The Morgan fingerprint density at radius 1 is 1.05 bits per heavy atom. The zero-order valence-corrected chi connectivity index (χ0v) is 10.8. The fourth-order valence-electron chi connectivity index (χ4n) is 1.90. The Morgan fingerprint density at radius 2 is 1.80 bits per heavy atom. The van der Waals surface area contributed by atoms with Crippen LogP contribution in [0.2, 0.25) is 0 Å². The predicted octanol–water partition coefficient (Wildman–Crippen LogP) is 3.71. The number of benzene rings is 2. The number of nitrogens with zero attached hydrogens (tertiary/aromatic N) is 2. The maximum atomic E-state index is 13.3. The maximum Gasteiger partial charge on any atom is 0.258 e. The highest BCUT2D eigenvalue weighted by Gasteiger charge is 2.03. The normalized spacial score (nSPS) is 10.5. The smallest absolute Gasteiger partial charge is 0.258 e. The number of aryl methyl sites for hydroxylation is 1. The fraction of sp³-hybridized carbons (Fsp3) is 0.0667. The molecule has 0 fully saturated rings. The van der Waals surface area contributed by atoms with Gasteiger partial charge in [0.2, 0.25) is 0 Å². The van der Waals surface area contributed by atoms with Crippen LogP contribution >= 0.6 is 0 Å². The molecule has 4 nitrogen and oxygen atoms in total. The van der Waals surface area contributed by atoms with Gasteiger partial charge in [-0.1, -0.05) is 18.2 Å². The van der Waals surface area contributed by atoms with Gasteiger partial charge in [-0.15, -0.1) is 5.10 Å². The molecule has 3 aromatic rings. The average molecular weight is 269 g/mol. The number of rotatable bonds is 3. The van der Waals surface area contributed by atoms with Gasteiger partial charge in [0.05, 0.1) is 0 Å². The highest BCUT2D eigenvalue weighted by molar-refractivity contribution is 5.65. The second-order valence-electron chi connectivity index (χ2n) is 4.40. The molecule has 3 rings (SSSR count). The predicted molar refractivity (Wildman–Crippen MR) is 73.0 cm³/mol. The van der Waals surface area contributed by atoms with Crippen molar-refractivity contribution in [2.75, 3.05) is 0 Å². The van der Waals surface area contributed by atoms with Crippen LogP contribution in [-0.4, -0.2) is 15.4 Å². The minimum Gasteiger partial charge on any atom is -0.436 e. The van der Waals surface area contributed by atoms with Gasteiger partial charge in [0.15, 0.2) is 0 Å². The SMILES string of the molecule is Cc1cc(-c2ccc(Oc3cn[nH]n3)cc2)ccc1F. The molecule has 1 heterocycles. The van der Waals surface area contributed by atoms with Crippen LogP contribution in [0.5, 0.6) is 11.6 Å². The van der Waals surface area contributed by atoms with Crippen LogP contribution in [0, 0.1) is 12.7 Å². The number of hydrogen-bond acceptors (Lipinski definition) is 3. The molecule has 20 heavy (non-hydrogen) atoms. The molecular formula is C15H12FN3O. The van der Waals surface area contributed by atoms with E-state index in [1.807, 2.05) is 30.3 Å². The molecule has 0 atom stereocenters. The lowest BCUT2D eigenvalue weighted by Gasteiger charge is -2.06. The topological polar surface area (TPSA) is 50.8 Å². The van der Waals surface area contributed by atoms with Gasteiger partial charge in [0.1, 0.15) is 17.8 Å². The van der Waals surface area contributed by atoms with Crippen molar-refractivity contribution in [3.8, 4) is 22.8 Å². The van der Waals surface area contributed by atoms with Crippen LogP contribution < -0.4 is 4.74 Å². The largest absolute Gasteiger partial charge is 0.436 e. The summed E-state index contributed by atoms with van der Waals surface area (Å²) in [7, 11) is 0. The molecule has 2 aromatic carbocycles. The average Bonchev–Trinajstić information content (AvgIpc) is 2.96. The maximum absolute atomic E-state index is 13.3. The lowest BCUT2D eigenvalue weighted by Crippen LogP contribution is -1.86. The summed E-state index contributed by atoms with van der Waals surface area (Å²) in [5.41, 5.74) is 2.60. The van der Waals surface area contributed by atoms with E-state index in [1.54, 1.807) is 13.0 Å². The van der Waals surface area contributed by atoms with Crippen molar-refractivity contribution < 1.29 is 9.13 Å². The van der Waals surface area contributed by atoms with E-state index in [4.69, 9.17) is 4.74 Å². The molecule has 0 aliphatic carbocycles. The Labute approximate surface area is 115 Å². The minimum atomic E-state index is -0.195. The molecule has 0 saturated carbocycles. The zero-order valence-electron chi connectivity index (χ0n) is 10.8. The van der Waals surface area contributed by atoms with Gasteiger partial charge in [-0.2, -0.15) is 10.3 Å². The number of nitrogens with one attached hydrogen (secondary N) is 1. The Bertz CT molecular complexity index is 708. The standard InChI is InChI=1S/C15H12FN3O/c1-10-8-12(4-7-14(10)16)11-2-5-13(6-3-11)20-15-9-17-19-18-15/h2-9H,1H3,(H,17,18,19).